The van der Waals surface area contributed by atoms with E-state index < -0.39 is 17.6 Å². The molecule has 3 atom stereocenters. The summed E-state index contributed by atoms with van der Waals surface area (Å²) >= 11 is 0. The number of hydrogen-bond acceptors (Lipinski definition) is 3. The Kier molecular flexibility index (Phi) is 3.91. The summed E-state index contributed by atoms with van der Waals surface area (Å²) in [4.78, 5) is 22.8. The Balaban J connectivity index is 2.59. The van der Waals surface area contributed by atoms with Crippen LogP contribution in [0.25, 0.3) is 0 Å². The van der Waals surface area contributed by atoms with Crippen molar-refractivity contribution in [2.75, 3.05) is 0 Å². The Bertz CT molecular complexity index is 292. The summed E-state index contributed by atoms with van der Waals surface area (Å²) in [5.41, 5.74) is -1.20. The van der Waals surface area contributed by atoms with Gasteiger partial charge >= 0.3 is 5.97 Å². The van der Waals surface area contributed by atoms with Crippen LogP contribution in [0.1, 0.15) is 40.0 Å². The molecule has 1 aliphatic rings. The fraction of sp³-hybridized carbons (Fsp3) is 0.818. The van der Waals surface area contributed by atoms with Gasteiger partial charge < -0.3 is 15.2 Å². The molecule has 3 unspecified atom stereocenters. The molecular formula is C11H19NO4. The van der Waals surface area contributed by atoms with Crippen LogP contribution in [0.3, 0.4) is 0 Å². The van der Waals surface area contributed by atoms with E-state index in [0.717, 1.165) is 6.42 Å². The number of amides is 1. The van der Waals surface area contributed by atoms with Gasteiger partial charge in [-0.05, 0) is 33.1 Å². The van der Waals surface area contributed by atoms with Crippen molar-refractivity contribution in [3.8, 4) is 0 Å². The number of carboxylic acids is 1. The number of carboxylic acid groups (broad SMARTS) is 1. The van der Waals surface area contributed by atoms with E-state index >= 15 is 0 Å². The van der Waals surface area contributed by atoms with Crippen LogP contribution < -0.4 is 5.32 Å². The van der Waals surface area contributed by atoms with E-state index in [9.17, 15) is 9.59 Å². The molecule has 1 aliphatic heterocycles. The van der Waals surface area contributed by atoms with E-state index in [1.54, 1.807) is 6.92 Å². The Morgan fingerprint density at radius 3 is 2.50 bits per heavy atom. The minimum Gasteiger partial charge on any atom is -0.480 e. The Hall–Kier alpha value is -1.10. The lowest BCUT2D eigenvalue weighted by Gasteiger charge is -2.26. The molecule has 0 aromatic heterocycles. The van der Waals surface area contributed by atoms with Gasteiger partial charge in [0, 0.05) is 0 Å². The molecule has 1 saturated heterocycles. The lowest BCUT2D eigenvalue weighted by atomic mass is 9.98. The van der Waals surface area contributed by atoms with Crippen LogP contribution in [-0.2, 0) is 14.3 Å². The predicted octanol–water partition coefficient (Wildman–Crippen LogP) is 0.923. The van der Waals surface area contributed by atoms with Crippen molar-refractivity contribution in [3.05, 3.63) is 0 Å². The minimum absolute atomic E-state index is 0.0773. The van der Waals surface area contributed by atoms with Crippen molar-refractivity contribution in [2.45, 2.75) is 57.8 Å². The highest BCUT2D eigenvalue weighted by molar-refractivity contribution is 5.88. The molecule has 0 aliphatic carbocycles. The van der Waals surface area contributed by atoms with Gasteiger partial charge in [-0.1, -0.05) is 6.92 Å². The van der Waals surface area contributed by atoms with E-state index in [4.69, 9.17) is 9.84 Å². The zero-order valence-electron chi connectivity index (χ0n) is 9.95. The van der Waals surface area contributed by atoms with E-state index in [1.165, 1.54) is 6.92 Å². The first-order valence-electron chi connectivity index (χ1n) is 5.60. The van der Waals surface area contributed by atoms with Gasteiger partial charge in [-0.25, -0.2) is 4.79 Å². The first kappa shape index (κ1) is 13.0. The Labute approximate surface area is 95.2 Å². The van der Waals surface area contributed by atoms with Crippen LogP contribution in [0.15, 0.2) is 0 Å². The maximum Gasteiger partial charge on any atom is 0.329 e. The van der Waals surface area contributed by atoms with Crippen molar-refractivity contribution in [1.29, 1.82) is 0 Å². The fourth-order valence-corrected chi connectivity index (χ4v) is 1.64. The average Bonchev–Trinajstić information content (AvgIpc) is 2.64. The molecule has 0 radical (unpaired) electrons. The highest BCUT2D eigenvalue weighted by Crippen LogP contribution is 2.20. The van der Waals surface area contributed by atoms with Gasteiger partial charge in [0.2, 0.25) is 5.91 Å². The van der Waals surface area contributed by atoms with E-state index in [2.05, 4.69) is 5.32 Å². The Morgan fingerprint density at radius 1 is 1.50 bits per heavy atom. The smallest absolute Gasteiger partial charge is 0.329 e. The van der Waals surface area contributed by atoms with Gasteiger partial charge in [0.1, 0.15) is 11.6 Å². The van der Waals surface area contributed by atoms with Crippen molar-refractivity contribution in [1.82, 2.24) is 5.32 Å². The third-order valence-electron chi connectivity index (χ3n) is 3.10. The first-order valence-corrected chi connectivity index (χ1v) is 5.60. The second kappa shape index (κ2) is 4.82. The maximum atomic E-state index is 11.8. The maximum absolute atomic E-state index is 11.8. The van der Waals surface area contributed by atoms with Gasteiger partial charge in [-0.15, -0.1) is 0 Å². The second-order valence-electron chi connectivity index (χ2n) is 4.49. The first-order chi connectivity index (χ1) is 7.39. The molecule has 1 fully saturated rings. The number of rotatable bonds is 4. The van der Waals surface area contributed by atoms with Gasteiger partial charge in [-0.2, -0.15) is 0 Å². The zero-order valence-corrected chi connectivity index (χ0v) is 9.95. The lowest BCUT2D eigenvalue weighted by molar-refractivity contribution is -0.149. The summed E-state index contributed by atoms with van der Waals surface area (Å²) in [6, 6.07) is 0. The number of aliphatic carboxylic acids is 1. The Morgan fingerprint density at radius 2 is 2.12 bits per heavy atom. The minimum atomic E-state index is -1.20. The molecule has 0 saturated carbocycles. The molecule has 16 heavy (non-hydrogen) atoms. The van der Waals surface area contributed by atoms with E-state index in [1.807, 2.05) is 6.92 Å². The standard InChI is InChI=1S/C11H19NO4/c1-4-11(3,10(14)15)12-9(13)8-6-5-7(2)16-8/h7-8H,4-6H2,1-3H3,(H,12,13)(H,14,15). The van der Waals surface area contributed by atoms with Gasteiger partial charge in [-0.3, -0.25) is 4.79 Å². The number of carbonyl (C=O) groups excluding carboxylic acids is 1. The molecule has 5 heteroatoms. The predicted molar refractivity (Wildman–Crippen MR) is 58.0 cm³/mol. The molecule has 2 N–H and O–H groups in total. The molecule has 1 amide bonds. The molecule has 0 spiro atoms. The summed E-state index contributed by atoms with van der Waals surface area (Å²) in [6.07, 6.45) is 1.42. The third-order valence-corrected chi connectivity index (χ3v) is 3.10. The van der Waals surface area contributed by atoms with Crippen molar-refractivity contribution in [3.63, 3.8) is 0 Å². The van der Waals surface area contributed by atoms with Crippen LogP contribution in [-0.4, -0.2) is 34.7 Å². The number of hydrogen-bond donors (Lipinski definition) is 2. The summed E-state index contributed by atoms with van der Waals surface area (Å²) in [5, 5.41) is 11.6. The third kappa shape index (κ3) is 2.72. The number of ether oxygens (including phenoxy) is 1. The van der Waals surface area contributed by atoms with Crippen LogP contribution in [0.5, 0.6) is 0 Å². The summed E-state index contributed by atoms with van der Waals surface area (Å²) in [6.45, 7) is 5.14. The number of nitrogens with one attached hydrogen (secondary N) is 1. The van der Waals surface area contributed by atoms with Crippen LogP contribution >= 0.6 is 0 Å². The summed E-state index contributed by atoms with van der Waals surface area (Å²) < 4.78 is 5.39. The normalized spacial score (nSPS) is 28.4. The molecule has 1 heterocycles. The summed E-state index contributed by atoms with van der Waals surface area (Å²) in [7, 11) is 0. The van der Waals surface area contributed by atoms with Gasteiger partial charge in [0.05, 0.1) is 6.10 Å². The molecule has 0 bridgehead atoms. The van der Waals surface area contributed by atoms with Crippen molar-refractivity contribution >= 4 is 11.9 Å². The topological polar surface area (TPSA) is 75.6 Å². The SMILES string of the molecule is CCC(C)(NC(=O)C1CCC(C)O1)C(=O)O. The van der Waals surface area contributed by atoms with Crippen molar-refractivity contribution < 1.29 is 19.4 Å². The monoisotopic (exact) mass is 229 g/mol. The molecule has 0 aromatic carbocycles. The van der Waals surface area contributed by atoms with Crippen LogP contribution in [0.2, 0.25) is 0 Å². The molecular weight excluding hydrogens is 210 g/mol. The summed E-state index contributed by atoms with van der Waals surface area (Å²) in [5.74, 6) is -1.34. The van der Waals surface area contributed by atoms with Gasteiger partial charge in [0.25, 0.3) is 0 Å². The number of carbonyl (C=O) groups is 2. The van der Waals surface area contributed by atoms with E-state index in [-0.39, 0.29) is 12.0 Å². The molecule has 0 aromatic rings. The quantitative estimate of drug-likeness (QED) is 0.751. The largest absolute Gasteiger partial charge is 0.480 e. The van der Waals surface area contributed by atoms with Gasteiger partial charge in [0.15, 0.2) is 0 Å². The molecule has 92 valence electrons. The highest BCUT2D eigenvalue weighted by Gasteiger charge is 2.37. The average molecular weight is 229 g/mol. The van der Waals surface area contributed by atoms with Crippen molar-refractivity contribution in [2.24, 2.45) is 0 Å². The molecule has 1 rings (SSSR count). The van der Waals surface area contributed by atoms with Crippen LogP contribution in [0, 0.1) is 0 Å². The highest BCUT2D eigenvalue weighted by atomic mass is 16.5. The lowest BCUT2D eigenvalue weighted by Crippen LogP contribution is -2.54. The molecule has 5 nitrogen and oxygen atoms in total. The van der Waals surface area contributed by atoms with E-state index in [0.29, 0.717) is 12.8 Å². The van der Waals surface area contributed by atoms with Crippen LogP contribution in [0.4, 0.5) is 0 Å². The zero-order chi connectivity index (χ0) is 12.3. The second-order valence-corrected chi connectivity index (χ2v) is 4.49. The fourth-order valence-electron chi connectivity index (χ4n) is 1.64.